The molecule has 3 atom stereocenters. The largest absolute Gasteiger partial charge is 0.756 e. The number of quaternary nitrogens is 1. The van der Waals surface area contributed by atoms with E-state index < -0.39 is 26.6 Å². The summed E-state index contributed by atoms with van der Waals surface area (Å²) >= 11 is 0. The molecule has 0 aromatic carbocycles. The van der Waals surface area contributed by atoms with Crippen LogP contribution in [0.2, 0.25) is 0 Å². The summed E-state index contributed by atoms with van der Waals surface area (Å²) in [4.78, 5) is 40.0. The predicted molar refractivity (Wildman–Crippen MR) is 320 cm³/mol. The number of hydrogen-bond donors (Lipinski definition) is 1. The summed E-state index contributed by atoms with van der Waals surface area (Å²) < 4.78 is 30.3. The molecule has 430 valence electrons. The molecular formula is C65H113N2O7P. The summed E-state index contributed by atoms with van der Waals surface area (Å²) in [6.45, 7) is 6.65. The molecule has 0 saturated heterocycles. The Morgan fingerprint density at radius 2 is 0.853 bits per heavy atom. The lowest BCUT2D eigenvalue weighted by molar-refractivity contribution is -0.870. The molecule has 0 aliphatic carbocycles. The van der Waals surface area contributed by atoms with Crippen molar-refractivity contribution in [3.8, 4) is 0 Å². The summed E-state index contributed by atoms with van der Waals surface area (Å²) in [5, 5.41) is 3.00. The van der Waals surface area contributed by atoms with Crippen LogP contribution in [0.4, 0.5) is 0 Å². The minimum Gasteiger partial charge on any atom is -0.756 e. The zero-order chi connectivity index (χ0) is 55.0. The maximum absolute atomic E-state index is 13.5. The topological polar surface area (TPSA) is 114 Å². The van der Waals surface area contributed by atoms with Gasteiger partial charge in [0, 0.05) is 12.8 Å². The second kappa shape index (κ2) is 54.0. The first-order chi connectivity index (χ1) is 36.4. The normalized spacial score (nSPS) is 14.5. The summed E-state index contributed by atoms with van der Waals surface area (Å²) in [5.41, 5.74) is 0. The van der Waals surface area contributed by atoms with E-state index in [-0.39, 0.29) is 31.3 Å². The lowest BCUT2D eigenvalue weighted by atomic mass is 10.0. The summed E-state index contributed by atoms with van der Waals surface area (Å²) in [7, 11) is 1.13. The number of likely N-dealkylation sites (N-methyl/N-ethyl adjacent to an activating group) is 1. The van der Waals surface area contributed by atoms with Crippen LogP contribution in [0, 0.1) is 0 Å². The van der Waals surface area contributed by atoms with E-state index in [1.807, 2.05) is 33.3 Å². The number of hydrogen-bond acceptors (Lipinski definition) is 7. The highest BCUT2D eigenvalue weighted by Crippen LogP contribution is 2.38. The Hall–Kier alpha value is -3.33. The van der Waals surface area contributed by atoms with Gasteiger partial charge in [-0.05, 0) is 115 Å². The van der Waals surface area contributed by atoms with Gasteiger partial charge in [0.05, 0.1) is 33.8 Å². The van der Waals surface area contributed by atoms with E-state index in [0.29, 0.717) is 23.9 Å². The van der Waals surface area contributed by atoms with Gasteiger partial charge < -0.3 is 28.5 Å². The van der Waals surface area contributed by atoms with E-state index in [9.17, 15) is 19.0 Å². The van der Waals surface area contributed by atoms with E-state index in [4.69, 9.17) is 13.8 Å². The first-order valence-corrected chi connectivity index (χ1v) is 31.7. The van der Waals surface area contributed by atoms with Gasteiger partial charge in [-0.2, -0.15) is 0 Å². The molecule has 0 fully saturated rings. The number of allylic oxidation sites excluding steroid dienone is 17. The van der Waals surface area contributed by atoms with E-state index in [1.54, 1.807) is 0 Å². The molecule has 0 spiro atoms. The molecule has 0 aromatic rings. The molecule has 0 radical (unpaired) electrons. The second-order valence-electron chi connectivity index (χ2n) is 21.1. The lowest BCUT2D eigenvalue weighted by Gasteiger charge is -2.30. The van der Waals surface area contributed by atoms with Crippen molar-refractivity contribution in [3.63, 3.8) is 0 Å². The number of ether oxygens (including phenoxy) is 1. The molecule has 3 unspecified atom stereocenters. The van der Waals surface area contributed by atoms with Crippen molar-refractivity contribution < 1.29 is 37.3 Å². The monoisotopic (exact) mass is 1060 g/mol. The molecule has 0 saturated carbocycles. The molecule has 0 rings (SSSR count). The van der Waals surface area contributed by atoms with Crippen LogP contribution in [-0.2, 0) is 27.9 Å². The first-order valence-electron chi connectivity index (χ1n) is 30.2. The molecule has 9 nitrogen and oxygen atoms in total. The molecule has 0 aliphatic heterocycles. The molecule has 75 heavy (non-hydrogen) atoms. The summed E-state index contributed by atoms with van der Waals surface area (Å²) in [6.07, 6.45) is 73.3. The van der Waals surface area contributed by atoms with Crippen LogP contribution in [-0.4, -0.2) is 69.4 Å². The van der Waals surface area contributed by atoms with Crippen LogP contribution in [0.15, 0.2) is 109 Å². The Kier molecular flexibility index (Phi) is 51.6. The van der Waals surface area contributed by atoms with E-state index in [2.05, 4.69) is 123 Å². The molecule has 0 heterocycles. The lowest BCUT2D eigenvalue weighted by Crippen LogP contribution is -2.47. The third kappa shape index (κ3) is 55.2. The average molecular weight is 1070 g/mol. The first kappa shape index (κ1) is 71.7. The number of unbranched alkanes of at least 4 members (excludes halogenated alkanes) is 21. The maximum atomic E-state index is 13.5. The van der Waals surface area contributed by atoms with Crippen molar-refractivity contribution in [2.24, 2.45) is 0 Å². The van der Waals surface area contributed by atoms with Gasteiger partial charge in [-0.3, -0.25) is 14.2 Å². The van der Waals surface area contributed by atoms with Crippen molar-refractivity contribution >= 4 is 19.7 Å². The zero-order valence-corrected chi connectivity index (χ0v) is 49.9. The highest BCUT2D eigenvalue weighted by atomic mass is 31.2. The van der Waals surface area contributed by atoms with Gasteiger partial charge in [0.1, 0.15) is 19.3 Å². The van der Waals surface area contributed by atoms with Crippen LogP contribution in [0.3, 0.4) is 0 Å². The highest BCUT2D eigenvalue weighted by Gasteiger charge is 2.27. The third-order valence-corrected chi connectivity index (χ3v) is 13.7. The number of esters is 1. The van der Waals surface area contributed by atoms with Gasteiger partial charge in [-0.15, -0.1) is 0 Å². The molecule has 1 amide bonds. The van der Waals surface area contributed by atoms with Crippen LogP contribution in [0.5, 0.6) is 0 Å². The molecule has 0 aromatic heterocycles. The number of carbonyl (C=O) groups is 2. The average Bonchev–Trinajstić information content (AvgIpc) is 3.37. The quantitative estimate of drug-likeness (QED) is 0.0212. The second-order valence-corrected chi connectivity index (χ2v) is 22.5. The Labute approximate surface area is 461 Å². The van der Waals surface area contributed by atoms with Gasteiger partial charge >= 0.3 is 5.97 Å². The van der Waals surface area contributed by atoms with Gasteiger partial charge in [0.15, 0.2) is 0 Å². The summed E-state index contributed by atoms with van der Waals surface area (Å²) in [6, 6.07) is -0.921. The Balaban J connectivity index is 5.44. The fraction of sp³-hybridized carbons (Fsp3) is 0.692. The number of phosphoric acid groups is 1. The van der Waals surface area contributed by atoms with E-state index in [0.717, 1.165) is 109 Å². The number of nitrogens with one attached hydrogen (secondary N) is 1. The van der Waals surface area contributed by atoms with Crippen LogP contribution < -0.4 is 10.2 Å². The van der Waals surface area contributed by atoms with Crippen molar-refractivity contribution in [1.29, 1.82) is 0 Å². The number of phosphoric ester groups is 1. The molecular weight excluding hydrogens is 952 g/mol. The Bertz CT molecular complexity index is 1650. The minimum atomic E-state index is -4.72. The molecule has 0 aliphatic rings. The van der Waals surface area contributed by atoms with E-state index >= 15 is 0 Å². The highest BCUT2D eigenvalue weighted by molar-refractivity contribution is 7.45. The van der Waals surface area contributed by atoms with E-state index in [1.165, 1.54) is 83.5 Å². The number of rotatable bonds is 53. The van der Waals surface area contributed by atoms with Gasteiger partial charge in [0.25, 0.3) is 7.82 Å². The molecule has 1 N–H and O–H groups in total. The van der Waals surface area contributed by atoms with Gasteiger partial charge in [0.2, 0.25) is 5.91 Å². The SMILES string of the molecule is CC/C=C\C/C=C\C/C=C\C/C=C\C/C=C\CCCCCC(=O)OC(/C=C/CCCCCCCCCCCCC)C(COP(=O)([O-])OCC[N+](C)(C)C)NC(=O)CCCCCC/C=C\C/C=C\C/C=C\CCCCC. The van der Waals surface area contributed by atoms with Gasteiger partial charge in [-0.25, -0.2) is 0 Å². The van der Waals surface area contributed by atoms with Crippen LogP contribution >= 0.6 is 7.82 Å². The summed E-state index contributed by atoms with van der Waals surface area (Å²) in [5.74, 6) is -0.610. The predicted octanol–water partition coefficient (Wildman–Crippen LogP) is 17.9. The molecule has 10 heteroatoms. The zero-order valence-electron chi connectivity index (χ0n) is 49.0. The fourth-order valence-corrected chi connectivity index (χ4v) is 8.75. The minimum absolute atomic E-state index is 0.0381. The van der Waals surface area contributed by atoms with Crippen molar-refractivity contribution in [1.82, 2.24) is 5.32 Å². The third-order valence-electron chi connectivity index (χ3n) is 12.7. The number of amides is 1. The van der Waals surface area contributed by atoms with Crippen LogP contribution in [0.25, 0.3) is 0 Å². The van der Waals surface area contributed by atoms with Crippen LogP contribution in [0.1, 0.15) is 239 Å². The number of nitrogens with zero attached hydrogens (tertiary/aromatic N) is 1. The number of carbonyl (C=O) groups excluding carboxylic acids is 2. The smallest absolute Gasteiger partial charge is 0.306 e. The van der Waals surface area contributed by atoms with Crippen molar-refractivity contribution in [2.45, 2.75) is 251 Å². The molecule has 0 bridgehead atoms. The Morgan fingerprint density at radius 1 is 0.480 bits per heavy atom. The fourth-order valence-electron chi connectivity index (χ4n) is 8.02. The van der Waals surface area contributed by atoms with Crippen molar-refractivity contribution in [3.05, 3.63) is 109 Å². The van der Waals surface area contributed by atoms with Gasteiger partial charge in [-0.1, -0.05) is 220 Å². The maximum Gasteiger partial charge on any atom is 0.306 e. The Morgan fingerprint density at radius 3 is 1.32 bits per heavy atom. The standard InChI is InChI=1S/C65H113N2O7P/c1-7-10-13-16-19-22-25-28-30-32-33-35-37-40-43-46-49-52-55-58-65(69)74-63(56-53-50-47-44-41-38-27-24-21-18-15-12-9-3)62(61-73-75(70,71)72-60-59-67(4,5)6)66-64(68)57-54-51-48-45-42-39-36-34-31-29-26-23-20-17-14-11-8-2/h10,13,19-20,22-23,28-31,33,35-36,39-40,43,53,56,62-63H,7-9,11-12,14-18,21,24-27,32,34,37-38,41-42,44-52,54-55,57-61H2,1-6H3,(H-,66,68,70,71)/b13-10-,22-19-,23-20-,30-28-,31-29-,35-33-,39-36-,43-40-,56-53+. The van der Waals surface area contributed by atoms with Crippen molar-refractivity contribution in [2.75, 3.05) is 40.9 Å².